The first kappa shape index (κ1) is 14.1. The first-order valence-corrected chi connectivity index (χ1v) is 7.61. The Balaban J connectivity index is 2.07. The number of furan rings is 1. The number of carbonyl (C=O) groups excluding carboxylic acids is 1. The first-order chi connectivity index (χ1) is 9.46. The fraction of sp³-hybridized carbons (Fsp3) is 0.154. The molecule has 1 heterocycles. The molecule has 0 fully saturated rings. The summed E-state index contributed by atoms with van der Waals surface area (Å²) in [6.45, 7) is 0.104. The Morgan fingerprint density at radius 2 is 1.95 bits per heavy atom. The summed E-state index contributed by atoms with van der Waals surface area (Å²) < 4.78 is 34.4. The van der Waals surface area contributed by atoms with Crippen LogP contribution in [-0.4, -0.2) is 20.6 Å². The van der Waals surface area contributed by atoms with Crippen LogP contribution in [0.1, 0.15) is 16.1 Å². The second kappa shape index (κ2) is 5.79. The number of rotatable bonds is 5. The van der Waals surface area contributed by atoms with Crippen LogP contribution in [0.5, 0.6) is 5.75 Å². The molecule has 1 amide bonds. The van der Waals surface area contributed by atoms with E-state index in [-0.39, 0.29) is 12.4 Å². The number of para-hydroxylation sites is 1. The van der Waals surface area contributed by atoms with Gasteiger partial charge in [-0.2, -0.15) is 0 Å². The molecule has 1 aromatic carbocycles. The Morgan fingerprint density at radius 3 is 2.60 bits per heavy atom. The Hall–Kier alpha value is -2.28. The molecule has 0 saturated carbocycles. The number of amides is 1. The second-order valence-corrected chi connectivity index (χ2v) is 5.83. The van der Waals surface area contributed by atoms with Gasteiger partial charge in [-0.3, -0.25) is 4.79 Å². The van der Waals surface area contributed by atoms with E-state index in [1.54, 1.807) is 18.2 Å². The van der Waals surface area contributed by atoms with Gasteiger partial charge >= 0.3 is 5.91 Å². The molecule has 0 spiro atoms. The number of hydrogen-bond donors (Lipinski definition) is 1. The lowest BCUT2D eigenvalue weighted by atomic mass is 10.2. The van der Waals surface area contributed by atoms with Crippen molar-refractivity contribution in [3.63, 3.8) is 0 Å². The summed E-state index contributed by atoms with van der Waals surface area (Å²) in [5.74, 6) is -0.251. The molecule has 2 aromatic rings. The molecule has 106 valence electrons. The van der Waals surface area contributed by atoms with Crippen molar-refractivity contribution in [2.75, 3.05) is 6.26 Å². The molecule has 20 heavy (non-hydrogen) atoms. The van der Waals surface area contributed by atoms with Crippen molar-refractivity contribution in [2.24, 2.45) is 0 Å². The van der Waals surface area contributed by atoms with E-state index < -0.39 is 15.9 Å². The summed E-state index contributed by atoms with van der Waals surface area (Å²) in [7, 11) is -3.63. The van der Waals surface area contributed by atoms with Gasteiger partial charge in [0.25, 0.3) is 0 Å². The molecule has 0 bridgehead atoms. The number of sulfonamides is 1. The van der Waals surface area contributed by atoms with Crippen molar-refractivity contribution >= 4 is 15.9 Å². The molecule has 0 unspecified atom stereocenters. The molecule has 0 aliphatic rings. The SMILES string of the molecule is CS(=O)(=O)NC(=O)c1occc1COc1ccccc1. The average molecular weight is 295 g/mol. The van der Waals surface area contributed by atoms with Gasteiger partial charge in [-0.25, -0.2) is 13.1 Å². The molecule has 2 rings (SSSR count). The van der Waals surface area contributed by atoms with E-state index in [2.05, 4.69) is 0 Å². The van der Waals surface area contributed by atoms with Gasteiger partial charge in [-0.15, -0.1) is 0 Å². The average Bonchev–Trinajstić information content (AvgIpc) is 2.84. The molecule has 0 atom stereocenters. The molecule has 6 nitrogen and oxygen atoms in total. The Bertz CT molecular complexity index is 691. The highest BCUT2D eigenvalue weighted by molar-refractivity contribution is 7.89. The van der Waals surface area contributed by atoms with Gasteiger partial charge in [-0.1, -0.05) is 18.2 Å². The highest BCUT2D eigenvalue weighted by atomic mass is 32.2. The quantitative estimate of drug-likeness (QED) is 0.904. The van der Waals surface area contributed by atoms with Crippen molar-refractivity contribution in [1.29, 1.82) is 0 Å². The van der Waals surface area contributed by atoms with Crippen molar-refractivity contribution in [3.8, 4) is 5.75 Å². The zero-order chi connectivity index (χ0) is 14.6. The number of ether oxygens (including phenoxy) is 1. The lowest BCUT2D eigenvalue weighted by Gasteiger charge is -2.06. The highest BCUT2D eigenvalue weighted by Crippen LogP contribution is 2.15. The smallest absolute Gasteiger partial charge is 0.300 e. The van der Waals surface area contributed by atoms with Crippen LogP contribution in [0.15, 0.2) is 47.1 Å². The van der Waals surface area contributed by atoms with Gasteiger partial charge in [0.05, 0.1) is 12.5 Å². The van der Waals surface area contributed by atoms with Gasteiger partial charge in [0.1, 0.15) is 12.4 Å². The van der Waals surface area contributed by atoms with E-state index in [4.69, 9.17) is 9.15 Å². The number of nitrogens with one attached hydrogen (secondary N) is 1. The van der Waals surface area contributed by atoms with Crippen LogP contribution in [0.4, 0.5) is 0 Å². The molecular weight excluding hydrogens is 282 g/mol. The van der Waals surface area contributed by atoms with Gasteiger partial charge in [0, 0.05) is 5.56 Å². The van der Waals surface area contributed by atoms with Crippen LogP contribution >= 0.6 is 0 Å². The van der Waals surface area contributed by atoms with Crippen LogP contribution in [0.3, 0.4) is 0 Å². The van der Waals surface area contributed by atoms with Crippen molar-refractivity contribution in [2.45, 2.75) is 6.61 Å². The molecule has 0 aliphatic carbocycles. The number of benzene rings is 1. The van der Waals surface area contributed by atoms with E-state index in [0.29, 0.717) is 11.3 Å². The molecule has 0 radical (unpaired) electrons. The Labute approximate surface area is 116 Å². The third-order valence-corrected chi connectivity index (χ3v) is 2.92. The minimum atomic E-state index is -3.63. The largest absolute Gasteiger partial charge is 0.489 e. The van der Waals surface area contributed by atoms with Gasteiger partial charge in [0.15, 0.2) is 5.76 Å². The van der Waals surface area contributed by atoms with E-state index in [0.717, 1.165) is 6.26 Å². The maximum atomic E-state index is 11.7. The zero-order valence-electron chi connectivity index (χ0n) is 10.7. The third-order valence-electron chi connectivity index (χ3n) is 2.37. The summed E-state index contributed by atoms with van der Waals surface area (Å²) >= 11 is 0. The fourth-order valence-corrected chi connectivity index (χ4v) is 1.97. The maximum absolute atomic E-state index is 11.7. The predicted molar refractivity (Wildman–Crippen MR) is 71.8 cm³/mol. The summed E-state index contributed by atoms with van der Waals surface area (Å²) in [6.07, 6.45) is 2.20. The standard InChI is InChI=1S/C13H13NO5S/c1-20(16,17)14-13(15)12-10(7-8-18-12)9-19-11-5-3-2-4-6-11/h2-8H,9H2,1H3,(H,14,15). The maximum Gasteiger partial charge on any atom is 0.300 e. The number of carbonyl (C=O) groups is 1. The van der Waals surface area contributed by atoms with Crippen LogP contribution in [0.25, 0.3) is 0 Å². The van der Waals surface area contributed by atoms with E-state index >= 15 is 0 Å². The Morgan fingerprint density at radius 1 is 1.25 bits per heavy atom. The lowest BCUT2D eigenvalue weighted by molar-refractivity contribution is 0.0951. The predicted octanol–water partition coefficient (Wildman–Crippen LogP) is 1.55. The molecule has 0 aliphatic heterocycles. The topological polar surface area (TPSA) is 85.6 Å². The summed E-state index contributed by atoms with van der Waals surface area (Å²) in [4.78, 5) is 11.7. The van der Waals surface area contributed by atoms with Crippen LogP contribution in [0, 0.1) is 0 Å². The minimum Gasteiger partial charge on any atom is -0.489 e. The fourth-order valence-electron chi connectivity index (χ4n) is 1.54. The summed E-state index contributed by atoms with van der Waals surface area (Å²) in [6, 6.07) is 10.6. The minimum absolute atomic E-state index is 0.0774. The van der Waals surface area contributed by atoms with E-state index in [1.807, 2.05) is 22.9 Å². The van der Waals surface area contributed by atoms with Gasteiger partial charge in [0.2, 0.25) is 10.0 Å². The van der Waals surface area contributed by atoms with E-state index in [9.17, 15) is 13.2 Å². The van der Waals surface area contributed by atoms with Gasteiger partial charge in [-0.05, 0) is 18.2 Å². The van der Waals surface area contributed by atoms with Crippen LogP contribution < -0.4 is 9.46 Å². The second-order valence-electron chi connectivity index (χ2n) is 4.08. The van der Waals surface area contributed by atoms with Crippen LogP contribution in [-0.2, 0) is 16.6 Å². The van der Waals surface area contributed by atoms with Crippen molar-refractivity contribution < 1.29 is 22.4 Å². The molecule has 7 heteroatoms. The molecule has 0 saturated heterocycles. The summed E-state index contributed by atoms with van der Waals surface area (Å²) in [5.41, 5.74) is 0.468. The first-order valence-electron chi connectivity index (χ1n) is 5.72. The monoisotopic (exact) mass is 295 g/mol. The summed E-state index contributed by atoms with van der Waals surface area (Å²) in [5, 5.41) is 0. The lowest BCUT2D eigenvalue weighted by Crippen LogP contribution is -2.29. The highest BCUT2D eigenvalue weighted by Gasteiger charge is 2.18. The van der Waals surface area contributed by atoms with Gasteiger partial charge < -0.3 is 9.15 Å². The van der Waals surface area contributed by atoms with Crippen LogP contribution in [0.2, 0.25) is 0 Å². The third kappa shape index (κ3) is 3.86. The zero-order valence-corrected chi connectivity index (χ0v) is 11.5. The number of hydrogen-bond acceptors (Lipinski definition) is 5. The molecule has 1 aromatic heterocycles. The van der Waals surface area contributed by atoms with E-state index in [1.165, 1.54) is 6.26 Å². The van der Waals surface area contributed by atoms with Crippen molar-refractivity contribution in [3.05, 3.63) is 54.0 Å². The normalized spacial score (nSPS) is 11.1. The molecule has 1 N–H and O–H groups in total. The molecular formula is C13H13NO5S. The Kier molecular flexibility index (Phi) is 4.09. The van der Waals surface area contributed by atoms with Crippen molar-refractivity contribution in [1.82, 2.24) is 4.72 Å².